The van der Waals surface area contributed by atoms with Gasteiger partial charge in [0, 0.05) is 29.4 Å². The molecule has 2 saturated carbocycles. The summed E-state index contributed by atoms with van der Waals surface area (Å²) in [5, 5.41) is 9.92. The van der Waals surface area contributed by atoms with Gasteiger partial charge in [0.1, 0.15) is 5.82 Å². The summed E-state index contributed by atoms with van der Waals surface area (Å²) >= 11 is 0. The van der Waals surface area contributed by atoms with Crippen LogP contribution in [0.5, 0.6) is 0 Å². The number of Topliss-reactive ketones (excluding diaryl/α,β-unsaturated/α-hetero) is 1. The van der Waals surface area contributed by atoms with Crippen LogP contribution in [0.15, 0.2) is 48.5 Å². The average molecular weight is 466 g/mol. The number of hydrogen-bond acceptors (Lipinski definition) is 3. The van der Waals surface area contributed by atoms with Crippen LogP contribution in [-0.2, 0) is 6.42 Å². The second-order valence-corrected chi connectivity index (χ2v) is 9.95. The molecule has 182 valence electrons. The number of anilines is 1. The maximum atomic E-state index is 13.2. The molecule has 2 atom stereocenters. The first kappa shape index (κ1) is 24.4. The van der Waals surface area contributed by atoms with Gasteiger partial charge in [-0.3, -0.25) is 4.79 Å². The number of nitrogens with one attached hydrogen (secondary N) is 3. The van der Waals surface area contributed by atoms with Crippen LogP contribution in [-0.4, -0.2) is 29.9 Å². The number of carbonyl (C=O) groups is 2. The molecule has 3 N–H and O–H groups in total. The van der Waals surface area contributed by atoms with E-state index in [9.17, 15) is 14.0 Å². The molecule has 4 rings (SSSR count). The van der Waals surface area contributed by atoms with Crippen LogP contribution in [0.25, 0.3) is 0 Å². The van der Waals surface area contributed by atoms with Crippen molar-refractivity contribution in [3.05, 3.63) is 65.5 Å². The highest BCUT2D eigenvalue weighted by Crippen LogP contribution is 2.29. The molecule has 0 heterocycles. The maximum Gasteiger partial charge on any atom is 0.319 e. The number of hydrogen-bond donors (Lipinski definition) is 3. The fraction of sp³-hybridized carbons (Fsp3) is 0.500. The van der Waals surface area contributed by atoms with E-state index >= 15 is 0 Å². The number of benzene rings is 2. The fourth-order valence-electron chi connectivity index (χ4n) is 5.44. The Balaban J connectivity index is 1.25. The molecule has 34 heavy (non-hydrogen) atoms. The van der Waals surface area contributed by atoms with E-state index in [0.29, 0.717) is 23.2 Å². The quantitative estimate of drug-likeness (QED) is 0.449. The fourth-order valence-corrected chi connectivity index (χ4v) is 5.44. The SMILES string of the molecule is CC(=O)c1cccc(NC(=O)NC2CCCC[C@H]2NC2CCC(Cc3ccc(F)cc3)CC2)c1. The van der Waals surface area contributed by atoms with Crippen molar-refractivity contribution >= 4 is 17.5 Å². The van der Waals surface area contributed by atoms with Crippen LogP contribution in [0, 0.1) is 11.7 Å². The monoisotopic (exact) mass is 465 g/mol. The molecule has 0 spiro atoms. The predicted octanol–water partition coefficient (Wildman–Crippen LogP) is 5.85. The highest BCUT2D eigenvalue weighted by atomic mass is 19.1. The zero-order valence-electron chi connectivity index (χ0n) is 20.0. The van der Waals surface area contributed by atoms with Crippen LogP contribution >= 0.6 is 0 Å². The standard InChI is InChI=1S/C28H36FN3O2/c1-19(33)22-5-4-6-25(18-22)31-28(34)32-27-8-3-2-7-26(27)30-24-15-11-21(12-16-24)17-20-9-13-23(29)14-10-20/h4-6,9-10,13-14,18,21,24,26-27,30H,2-3,7-8,11-12,15-17H2,1H3,(H2,31,32,34)/t21?,24?,26-,27?/m1/s1. The van der Waals surface area contributed by atoms with Crippen molar-refractivity contribution in [2.24, 2.45) is 5.92 Å². The molecule has 0 aromatic heterocycles. The van der Waals surface area contributed by atoms with Crippen molar-refractivity contribution in [3.8, 4) is 0 Å². The predicted molar refractivity (Wildman–Crippen MR) is 134 cm³/mol. The van der Waals surface area contributed by atoms with Crippen molar-refractivity contribution in [2.45, 2.75) is 82.8 Å². The second kappa shape index (κ2) is 11.6. The minimum atomic E-state index is -0.220. The van der Waals surface area contributed by atoms with Gasteiger partial charge in [-0.15, -0.1) is 0 Å². The summed E-state index contributed by atoms with van der Waals surface area (Å²) in [6, 6.07) is 14.6. The minimum absolute atomic E-state index is 0.0204. The van der Waals surface area contributed by atoms with Gasteiger partial charge in [0.15, 0.2) is 5.78 Å². The maximum absolute atomic E-state index is 13.2. The first-order valence-electron chi connectivity index (χ1n) is 12.7. The molecule has 2 aliphatic carbocycles. The van der Waals surface area contributed by atoms with E-state index in [-0.39, 0.29) is 29.7 Å². The van der Waals surface area contributed by atoms with Crippen LogP contribution in [0.2, 0.25) is 0 Å². The number of halogens is 1. The average Bonchev–Trinajstić information content (AvgIpc) is 2.83. The van der Waals surface area contributed by atoms with Crippen molar-refractivity contribution < 1.29 is 14.0 Å². The molecule has 0 saturated heterocycles. The van der Waals surface area contributed by atoms with Crippen molar-refractivity contribution in [2.75, 3.05) is 5.32 Å². The van der Waals surface area contributed by atoms with Crippen LogP contribution in [0.3, 0.4) is 0 Å². The molecule has 2 fully saturated rings. The smallest absolute Gasteiger partial charge is 0.319 e. The van der Waals surface area contributed by atoms with E-state index in [1.54, 1.807) is 36.4 Å². The van der Waals surface area contributed by atoms with Crippen LogP contribution in [0.1, 0.15) is 74.2 Å². The highest BCUT2D eigenvalue weighted by Gasteiger charge is 2.30. The van der Waals surface area contributed by atoms with E-state index < -0.39 is 0 Å². The lowest BCUT2D eigenvalue weighted by molar-refractivity contribution is 0.101. The number of ketones is 1. The van der Waals surface area contributed by atoms with Crippen molar-refractivity contribution in [1.82, 2.24) is 10.6 Å². The summed E-state index contributed by atoms with van der Waals surface area (Å²) in [7, 11) is 0. The molecule has 2 amide bonds. The van der Waals surface area contributed by atoms with Gasteiger partial charge >= 0.3 is 6.03 Å². The molecule has 2 aromatic rings. The van der Waals surface area contributed by atoms with E-state index in [1.807, 2.05) is 12.1 Å². The Bertz CT molecular complexity index is 970. The molecule has 1 unspecified atom stereocenters. The Morgan fingerprint density at radius 2 is 1.62 bits per heavy atom. The summed E-state index contributed by atoms with van der Waals surface area (Å²) in [5.41, 5.74) is 2.43. The molecule has 0 aliphatic heterocycles. The largest absolute Gasteiger partial charge is 0.334 e. The topological polar surface area (TPSA) is 70.2 Å². The Labute approximate surface area is 201 Å². The van der Waals surface area contributed by atoms with Crippen LogP contribution < -0.4 is 16.0 Å². The molecule has 6 heteroatoms. The number of carbonyl (C=O) groups excluding carboxylic acids is 2. The third-order valence-corrected chi connectivity index (χ3v) is 7.34. The van der Waals surface area contributed by atoms with Gasteiger partial charge < -0.3 is 16.0 Å². The summed E-state index contributed by atoms with van der Waals surface area (Å²) in [5.74, 6) is 0.457. The molecule has 0 bridgehead atoms. The summed E-state index contributed by atoms with van der Waals surface area (Å²) < 4.78 is 13.2. The van der Waals surface area contributed by atoms with Gasteiger partial charge in [-0.25, -0.2) is 9.18 Å². The number of amides is 2. The lowest BCUT2D eigenvalue weighted by Gasteiger charge is -2.38. The van der Waals surface area contributed by atoms with E-state index in [0.717, 1.165) is 38.5 Å². The minimum Gasteiger partial charge on any atom is -0.334 e. The summed E-state index contributed by atoms with van der Waals surface area (Å²) in [6.07, 6.45) is 9.98. The van der Waals surface area contributed by atoms with Gasteiger partial charge in [0.2, 0.25) is 0 Å². The molecular formula is C28H36FN3O2. The zero-order valence-corrected chi connectivity index (χ0v) is 20.0. The van der Waals surface area contributed by atoms with Crippen molar-refractivity contribution in [1.29, 1.82) is 0 Å². The first-order valence-corrected chi connectivity index (χ1v) is 12.7. The van der Waals surface area contributed by atoms with Gasteiger partial charge in [-0.1, -0.05) is 37.1 Å². The molecule has 0 radical (unpaired) electrons. The number of rotatable bonds is 7. The van der Waals surface area contributed by atoms with E-state index in [1.165, 1.54) is 31.7 Å². The number of urea groups is 1. The lowest BCUT2D eigenvalue weighted by Crippen LogP contribution is -2.55. The van der Waals surface area contributed by atoms with Crippen LogP contribution in [0.4, 0.5) is 14.9 Å². The van der Waals surface area contributed by atoms with E-state index in [4.69, 9.17) is 0 Å². The molecule has 5 nitrogen and oxygen atoms in total. The Morgan fingerprint density at radius 3 is 2.32 bits per heavy atom. The van der Waals surface area contributed by atoms with Gasteiger partial charge in [0.05, 0.1) is 0 Å². The van der Waals surface area contributed by atoms with E-state index in [2.05, 4.69) is 16.0 Å². The Morgan fingerprint density at radius 1 is 0.912 bits per heavy atom. The molecule has 2 aromatic carbocycles. The summed E-state index contributed by atoms with van der Waals surface area (Å²) in [6.45, 7) is 1.52. The zero-order chi connectivity index (χ0) is 23.9. The van der Waals surface area contributed by atoms with Crippen molar-refractivity contribution in [3.63, 3.8) is 0 Å². The summed E-state index contributed by atoms with van der Waals surface area (Å²) in [4.78, 5) is 24.3. The molecule has 2 aliphatic rings. The normalized spacial score (nSPS) is 24.9. The molecular weight excluding hydrogens is 429 g/mol. The van der Waals surface area contributed by atoms with Gasteiger partial charge in [0.25, 0.3) is 0 Å². The third kappa shape index (κ3) is 6.89. The Hall–Kier alpha value is -2.73. The van der Waals surface area contributed by atoms with Gasteiger partial charge in [-0.2, -0.15) is 0 Å². The lowest BCUT2D eigenvalue weighted by atomic mass is 9.81. The second-order valence-electron chi connectivity index (χ2n) is 9.95. The van der Waals surface area contributed by atoms with Gasteiger partial charge in [-0.05, 0) is 87.6 Å². The first-order chi connectivity index (χ1) is 16.5. The highest BCUT2D eigenvalue weighted by molar-refractivity contribution is 5.96. The third-order valence-electron chi connectivity index (χ3n) is 7.34. The Kier molecular flexibility index (Phi) is 8.33.